The van der Waals surface area contributed by atoms with Crippen LogP contribution in [0.2, 0.25) is 0 Å². The Labute approximate surface area is 146 Å². The topological polar surface area (TPSA) is 66.9 Å². The van der Waals surface area contributed by atoms with Crippen LogP contribution in [0, 0.1) is 5.82 Å². The molecule has 1 amide bonds. The molecule has 0 aliphatic heterocycles. The number of nitrogens with zero attached hydrogens (tertiary/aromatic N) is 2. The Kier molecular flexibility index (Phi) is 5.00. The highest BCUT2D eigenvalue weighted by atomic mass is 79.9. The maximum Gasteiger partial charge on any atom is 0.251 e. The number of hydrogen-bond acceptors (Lipinski definition) is 4. The van der Waals surface area contributed by atoms with Crippen molar-refractivity contribution in [2.24, 2.45) is 0 Å². The lowest BCUT2D eigenvalue weighted by Gasteiger charge is -2.09. The zero-order valence-electron chi connectivity index (χ0n) is 12.6. The Hall–Kier alpha value is -2.54. The van der Waals surface area contributed by atoms with Crippen molar-refractivity contribution in [3.63, 3.8) is 0 Å². The van der Waals surface area contributed by atoms with Crippen LogP contribution in [0.5, 0.6) is 0 Å². The molecule has 5 nitrogen and oxygen atoms in total. The summed E-state index contributed by atoms with van der Waals surface area (Å²) < 4.78 is 13.8. The molecule has 7 heteroatoms. The number of benzene rings is 2. The van der Waals surface area contributed by atoms with Crippen LogP contribution in [0.1, 0.15) is 10.4 Å². The first-order valence-electron chi connectivity index (χ1n) is 7.31. The smallest absolute Gasteiger partial charge is 0.251 e. The predicted molar refractivity (Wildman–Crippen MR) is 94.5 cm³/mol. The summed E-state index contributed by atoms with van der Waals surface area (Å²) in [6.45, 7) is 0.918. The van der Waals surface area contributed by atoms with Gasteiger partial charge in [0.15, 0.2) is 0 Å². The van der Waals surface area contributed by atoms with Crippen molar-refractivity contribution < 1.29 is 9.18 Å². The highest BCUT2D eigenvalue weighted by Gasteiger charge is 2.06. The van der Waals surface area contributed by atoms with Gasteiger partial charge in [-0.15, -0.1) is 0 Å². The molecule has 24 heavy (non-hydrogen) atoms. The number of amides is 1. The SMILES string of the molecule is O=C(NCCNc1ncnc2ccc(Br)cc12)c1ccc(F)cc1. The van der Waals surface area contributed by atoms with Gasteiger partial charge < -0.3 is 10.6 Å². The van der Waals surface area contributed by atoms with Crippen LogP contribution in [0.25, 0.3) is 10.9 Å². The van der Waals surface area contributed by atoms with Crippen LogP contribution in [0.15, 0.2) is 53.3 Å². The van der Waals surface area contributed by atoms with Crippen LogP contribution in [-0.4, -0.2) is 29.0 Å². The Bertz CT molecular complexity index is 870. The Balaban J connectivity index is 1.58. The lowest BCUT2D eigenvalue weighted by atomic mass is 10.2. The van der Waals surface area contributed by atoms with Gasteiger partial charge in [0.25, 0.3) is 5.91 Å². The number of anilines is 1. The van der Waals surface area contributed by atoms with Crippen molar-refractivity contribution in [2.75, 3.05) is 18.4 Å². The monoisotopic (exact) mass is 388 g/mol. The van der Waals surface area contributed by atoms with Crippen LogP contribution >= 0.6 is 15.9 Å². The third kappa shape index (κ3) is 3.86. The zero-order valence-corrected chi connectivity index (χ0v) is 14.2. The van der Waals surface area contributed by atoms with Crippen molar-refractivity contribution >= 4 is 38.6 Å². The lowest BCUT2D eigenvalue weighted by Crippen LogP contribution is -2.28. The molecule has 0 atom stereocenters. The number of rotatable bonds is 5. The molecule has 0 fully saturated rings. The molecule has 0 bridgehead atoms. The van der Waals surface area contributed by atoms with Crippen molar-refractivity contribution in [2.45, 2.75) is 0 Å². The molecule has 0 spiro atoms. The molecule has 3 rings (SSSR count). The average molecular weight is 389 g/mol. The summed E-state index contributed by atoms with van der Waals surface area (Å²) in [6, 6.07) is 11.2. The maximum atomic E-state index is 12.8. The van der Waals surface area contributed by atoms with E-state index in [9.17, 15) is 9.18 Å². The van der Waals surface area contributed by atoms with Gasteiger partial charge >= 0.3 is 0 Å². The second-order valence-electron chi connectivity index (χ2n) is 5.07. The molecule has 2 N–H and O–H groups in total. The molecule has 0 saturated carbocycles. The molecule has 0 aliphatic rings. The van der Waals surface area contributed by atoms with Gasteiger partial charge in [-0.1, -0.05) is 15.9 Å². The predicted octanol–water partition coefficient (Wildman–Crippen LogP) is 3.37. The van der Waals surface area contributed by atoms with E-state index in [0.717, 1.165) is 15.4 Å². The number of halogens is 2. The normalized spacial score (nSPS) is 10.6. The summed E-state index contributed by atoms with van der Waals surface area (Å²) in [5.74, 6) is 0.0967. The van der Waals surface area contributed by atoms with E-state index in [1.165, 1.54) is 30.6 Å². The van der Waals surface area contributed by atoms with Crippen LogP contribution in [-0.2, 0) is 0 Å². The number of nitrogens with one attached hydrogen (secondary N) is 2. The van der Waals surface area contributed by atoms with Crippen LogP contribution in [0.4, 0.5) is 10.2 Å². The van der Waals surface area contributed by atoms with E-state index in [4.69, 9.17) is 0 Å². The number of carbonyl (C=O) groups excluding carboxylic acids is 1. The number of fused-ring (bicyclic) bond motifs is 1. The summed E-state index contributed by atoms with van der Waals surface area (Å²) in [4.78, 5) is 20.4. The van der Waals surface area contributed by atoms with Gasteiger partial charge in [-0.25, -0.2) is 14.4 Å². The fourth-order valence-electron chi connectivity index (χ4n) is 2.23. The molecule has 0 unspecified atom stereocenters. The average Bonchev–Trinajstić information content (AvgIpc) is 2.59. The van der Waals surface area contributed by atoms with Gasteiger partial charge in [0.1, 0.15) is 18.0 Å². The summed E-state index contributed by atoms with van der Waals surface area (Å²) in [5, 5.41) is 6.86. The Morgan fingerprint density at radius 2 is 1.88 bits per heavy atom. The first kappa shape index (κ1) is 16.3. The van der Waals surface area contributed by atoms with Gasteiger partial charge in [0.2, 0.25) is 0 Å². The number of aromatic nitrogens is 2. The quantitative estimate of drug-likeness (QED) is 0.657. The van der Waals surface area contributed by atoms with Crippen molar-refractivity contribution in [3.8, 4) is 0 Å². The molecule has 0 radical (unpaired) electrons. The largest absolute Gasteiger partial charge is 0.368 e. The van der Waals surface area contributed by atoms with Crippen LogP contribution < -0.4 is 10.6 Å². The van der Waals surface area contributed by atoms with E-state index in [2.05, 4.69) is 36.5 Å². The van der Waals surface area contributed by atoms with Gasteiger partial charge in [-0.2, -0.15) is 0 Å². The van der Waals surface area contributed by atoms with Gasteiger partial charge in [-0.05, 0) is 42.5 Å². The second-order valence-corrected chi connectivity index (χ2v) is 5.99. The van der Waals surface area contributed by atoms with Gasteiger partial charge in [0.05, 0.1) is 5.52 Å². The van der Waals surface area contributed by atoms with E-state index in [-0.39, 0.29) is 11.7 Å². The van der Waals surface area contributed by atoms with Crippen LogP contribution in [0.3, 0.4) is 0 Å². The second kappa shape index (κ2) is 7.35. The van der Waals surface area contributed by atoms with Gasteiger partial charge in [-0.3, -0.25) is 4.79 Å². The number of carbonyl (C=O) groups is 1. The fourth-order valence-corrected chi connectivity index (χ4v) is 2.59. The van der Waals surface area contributed by atoms with E-state index < -0.39 is 0 Å². The number of hydrogen-bond donors (Lipinski definition) is 2. The fraction of sp³-hybridized carbons (Fsp3) is 0.118. The molecule has 1 aromatic heterocycles. The highest BCUT2D eigenvalue weighted by molar-refractivity contribution is 9.10. The third-order valence-corrected chi connectivity index (χ3v) is 3.90. The molecule has 3 aromatic rings. The standard InChI is InChI=1S/C17H14BrFN4O/c18-12-3-6-15-14(9-12)16(23-10-22-15)20-7-8-21-17(24)11-1-4-13(19)5-2-11/h1-6,9-10H,7-8H2,(H,21,24)(H,20,22,23). The minimum absolute atomic E-state index is 0.243. The Morgan fingerprint density at radius 3 is 2.67 bits per heavy atom. The van der Waals surface area contributed by atoms with E-state index in [1.54, 1.807) is 0 Å². The molecular formula is C17H14BrFN4O. The lowest BCUT2D eigenvalue weighted by molar-refractivity contribution is 0.0955. The van der Waals surface area contributed by atoms with Gasteiger partial charge in [0, 0.05) is 28.5 Å². The molecular weight excluding hydrogens is 375 g/mol. The van der Waals surface area contributed by atoms with E-state index >= 15 is 0 Å². The molecule has 1 heterocycles. The summed E-state index contributed by atoms with van der Waals surface area (Å²) in [7, 11) is 0. The van der Waals surface area contributed by atoms with Crippen molar-refractivity contribution in [1.29, 1.82) is 0 Å². The zero-order chi connectivity index (χ0) is 16.9. The highest BCUT2D eigenvalue weighted by Crippen LogP contribution is 2.22. The minimum atomic E-state index is -0.366. The molecule has 122 valence electrons. The third-order valence-electron chi connectivity index (χ3n) is 3.41. The summed E-state index contributed by atoms with van der Waals surface area (Å²) in [6.07, 6.45) is 1.50. The van der Waals surface area contributed by atoms with E-state index in [0.29, 0.717) is 24.5 Å². The maximum absolute atomic E-state index is 12.8. The molecule has 2 aromatic carbocycles. The molecule has 0 aliphatic carbocycles. The summed E-state index contributed by atoms with van der Waals surface area (Å²) in [5.41, 5.74) is 1.26. The first-order chi connectivity index (χ1) is 11.6. The minimum Gasteiger partial charge on any atom is -0.368 e. The van der Waals surface area contributed by atoms with Crippen molar-refractivity contribution in [3.05, 3.63) is 64.6 Å². The Morgan fingerprint density at radius 1 is 1.08 bits per heavy atom. The first-order valence-corrected chi connectivity index (χ1v) is 8.11. The summed E-state index contributed by atoms with van der Waals surface area (Å²) >= 11 is 3.43. The molecule has 0 saturated heterocycles. The van der Waals surface area contributed by atoms with Crippen molar-refractivity contribution in [1.82, 2.24) is 15.3 Å². The van der Waals surface area contributed by atoms with E-state index in [1.807, 2.05) is 18.2 Å².